The minimum Gasteiger partial charge on any atom is -0.363 e. The van der Waals surface area contributed by atoms with Gasteiger partial charge < -0.3 is 15.1 Å². The summed E-state index contributed by atoms with van der Waals surface area (Å²) >= 11 is 7.52. The highest BCUT2D eigenvalue weighted by Gasteiger charge is 2.30. The van der Waals surface area contributed by atoms with Crippen LogP contribution in [0.4, 0.5) is 0 Å². The molecular formula is C16H26N3S2+. The Bertz CT molecular complexity index is 438. The largest absolute Gasteiger partial charge is 0.363 e. The Morgan fingerprint density at radius 3 is 2.90 bits per heavy atom. The van der Waals surface area contributed by atoms with Gasteiger partial charge in [-0.3, -0.25) is 0 Å². The first-order valence-electron chi connectivity index (χ1n) is 7.62. The number of quaternary nitrogens is 1. The van der Waals surface area contributed by atoms with Crippen LogP contribution in [0.3, 0.4) is 0 Å². The molecule has 1 unspecified atom stereocenters. The van der Waals surface area contributed by atoms with E-state index in [1.807, 2.05) is 11.8 Å². The topological polar surface area (TPSA) is 19.7 Å². The molecule has 1 fully saturated rings. The number of thioether (sulfide) groups is 1. The molecule has 2 N–H and O–H groups in total. The summed E-state index contributed by atoms with van der Waals surface area (Å²) in [5.74, 6) is 1.19. The summed E-state index contributed by atoms with van der Waals surface area (Å²) in [7, 11) is 2.27. The van der Waals surface area contributed by atoms with Crippen molar-refractivity contribution in [3.05, 3.63) is 35.9 Å². The van der Waals surface area contributed by atoms with Crippen molar-refractivity contribution in [3.8, 4) is 0 Å². The second-order valence-corrected chi connectivity index (χ2v) is 6.98. The van der Waals surface area contributed by atoms with E-state index < -0.39 is 0 Å². The highest BCUT2D eigenvalue weighted by Crippen LogP contribution is 2.20. The van der Waals surface area contributed by atoms with Gasteiger partial charge in [0.25, 0.3) is 0 Å². The van der Waals surface area contributed by atoms with Crippen LogP contribution < -0.4 is 10.2 Å². The molecule has 0 radical (unpaired) electrons. The van der Waals surface area contributed by atoms with Crippen molar-refractivity contribution in [2.75, 3.05) is 45.2 Å². The number of hydrogen-bond donors (Lipinski definition) is 2. The van der Waals surface area contributed by atoms with Gasteiger partial charge in [-0.1, -0.05) is 30.3 Å². The van der Waals surface area contributed by atoms with Gasteiger partial charge >= 0.3 is 0 Å². The van der Waals surface area contributed by atoms with Gasteiger partial charge in [0.15, 0.2) is 5.11 Å². The van der Waals surface area contributed by atoms with Crippen LogP contribution in [0, 0.1) is 0 Å². The van der Waals surface area contributed by atoms with Crippen LogP contribution in [0.5, 0.6) is 0 Å². The van der Waals surface area contributed by atoms with Crippen LogP contribution in [-0.4, -0.2) is 55.2 Å². The Labute approximate surface area is 138 Å². The van der Waals surface area contributed by atoms with Crippen LogP contribution in [0.2, 0.25) is 0 Å². The van der Waals surface area contributed by atoms with Crippen molar-refractivity contribution in [1.29, 1.82) is 0 Å². The molecule has 3 nitrogen and oxygen atoms in total. The van der Waals surface area contributed by atoms with E-state index in [1.54, 1.807) is 4.90 Å². The standard InChI is InChI=1S/C16H25N3S2/c1-18-10-11-19(16(20)17-9-6-12-21-2)15(13-18)14-7-4-3-5-8-14/h3-5,7-8,15H,6,9-13H2,1-2H3,(H,17,20)/p+1/t15-/m0/s1. The summed E-state index contributed by atoms with van der Waals surface area (Å²) in [5, 5.41) is 4.35. The van der Waals surface area contributed by atoms with Crippen LogP contribution in [0.1, 0.15) is 18.0 Å². The molecule has 1 heterocycles. The van der Waals surface area contributed by atoms with Crippen molar-refractivity contribution in [2.45, 2.75) is 12.5 Å². The normalized spacial score (nSPS) is 22.1. The third kappa shape index (κ3) is 4.87. The number of nitrogens with one attached hydrogen (secondary N) is 2. The van der Waals surface area contributed by atoms with Crippen LogP contribution in [-0.2, 0) is 0 Å². The monoisotopic (exact) mass is 324 g/mol. The number of benzene rings is 1. The lowest BCUT2D eigenvalue weighted by molar-refractivity contribution is -0.887. The minimum absolute atomic E-state index is 0.389. The second-order valence-electron chi connectivity index (χ2n) is 5.61. The summed E-state index contributed by atoms with van der Waals surface area (Å²) in [6.07, 6.45) is 3.31. The van der Waals surface area contributed by atoms with Crippen LogP contribution >= 0.6 is 24.0 Å². The van der Waals surface area contributed by atoms with E-state index in [-0.39, 0.29) is 0 Å². The molecule has 5 heteroatoms. The fraction of sp³-hybridized carbons (Fsp3) is 0.562. The van der Waals surface area contributed by atoms with E-state index in [4.69, 9.17) is 12.2 Å². The maximum absolute atomic E-state index is 5.64. The van der Waals surface area contributed by atoms with Crippen molar-refractivity contribution < 1.29 is 4.90 Å². The predicted octanol–water partition coefficient (Wildman–Crippen LogP) is 1.19. The molecule has 0 saturated carbocycles. The fourth-order valence-electron chi connectivity index (χ4n) is 2.74. The summed E-state index contributed by atoms with van der Waals surface area (Å²) in [4.78, 5) is 3.95. The molecule has 0 aliphatic carbocycles. The average molecular weight is 325 g/mol. The molecule has 0 amide bonds. The first kappa shape index (κ1) is 16.6. The Morgan fingerprint density at radius 1 is 1.43 bits per heavy atom. The molecule has 116 valence electrons. The number of likely N-dealkylation sites (N-methyl/N-ethyl adjacent to an activating group) is 1. The van der Waals surface area contributed by atoms with Gasteiger partial charge in [0.2, 0.25) is 0 Å². The van der Waals surface area contributed by atoms with E-state index in [0.29, 0.717) is 6.04 Å². The maximum Gasteiger partial charge on any atom is 0.169 e. The lowest BCUT2D eigenvalue weighted by Crippen LogP contribution is -3.12. The molecule has 1 aliphatic rings. The first-order valence-corrected chi connectivity index (χ1v) is 9.42. The highest BCUT2D eigenvalue weighted by atomic mass is 32.2. The summed E-state index contributed by atoms with van der Waals surface area (Å²) in [5.41, 5.74) is 1.37. The zero-order chi connectivity index (χ0) is 15.1. The highest BCUT2D eigenvalue weighted by molar-refractivity contribution is 7.98. The number of hydrogen-bond acceptors (Lipinski definition) is 2. The average Bonchev–Trinajstić information content (AvgIpc) is 2.52. The Hall–Kier alpha value is -0.780. The maximum atomic E-state index is 5.64. The Morgan fingerprint density at radius 2 is 2.19 bits per heavy atom. The molecule has 1 saturated heterocycles. The van der Waals surface area contributed by atoms with E-state index in [1.165, 1.54) is 11.3 Å². The first-order chi connectivity index (χ1) is 10.2. The van der Waals surface area contributed by atoms with Gasteiger partial charge in [-0.05, 0) is 36.2 Å². The quantitative estimate of drug-likeness (QED) is 0.626. The zero-order valence-electron chi connectivity index (χ0n) is 13.0. The third-order valence-electron chi connectivity index (χ3n) is 3.94. The summed E-state index contributed by atoms with van der Waals surface area (Å²) < 4.78 is 0. The SMILES string of the molecule is CSCCCNC(=S)N1CC[NH+](C)C[C@H]1c1ccccc1. The van der Waals surface area contributed by atoms with Crippen molar-refractivity contribution in [3.63, 3.8) is 0 Å². The van der Waals surface area contributed by atoms with Gasteiger partial charge in [-0.25, -0.2) is 0 Å². The molecule has 21 heavy (non-hydrogen) atoms. The molecule has 2 atom stereocenters. The summed E-state index contributed by atoms with van der Waals surface area (Å²) in [6, 6.07) is 11.1. The Balaban J connectivity index is 1.99. The molecular weight excluding hydrogens is 298 g/mol. The van der Waals surface area contributed by atoms with Crippen molar-refractivity contribution in [1.82, 2.24) is 10.2 Å². The van der Waals surface area contributed by atoms with Crippen molar-refractivity contribution >= 4 is 29.1 Å². The van der Waals surface area contributed by atoms with Crippen LogP contribution in [0.25, 0.3) is 0 Å². The van der Waals surface area contributed by atoms with E-state index in [9.17, 15) is 0 Å². The summed E-state index contributed by atoms with van der Waals surface area (Å²) in [6.45, 7) is 4.26. The number of nitrogens with zero attached hydrogens (tertiary/aromatic N) is 1. The molecule has 1 aromatic rings. The molecule has 0 bridgehead atoms. The molecule has 2 rings (SSSR count). The van der Waals surface area contributed by atoms with Gasteiger partial charge in [0.1, 0.15) is 12.6 Å². The van der Waals surface area contributed by atoms with Gasteiger partial charge in [0.05, 0.1) is 20.1 Å². The fourth-order valence-corrected chi connectivity index (χ4v) is 3.49. The molecule has 1 aliphatic heterocycles. The molecule has 0 spiro atoms. The van der Waals surface area contributed by atoms with Gasteiger partial charge in [-0.2, -0.15) is 11.8 Å². The number of thiocarbonyl (C=S) groups is 1. The lowest BCUT2D eigenvalue weighted by Gasteiger charge is -2.39. The van der Waals surface area contributed by atoms with E-state index in [2.05, 4.69) is 53.9 Å². The van der Waals surface area contributed by atoms with Crippen LogP contribution in [0.15, 0.2) is 30.3 Å². The smallest absolute Gasteiger partial charge is 0.169 e. The third-order valence-corrected chi connectivity index (χ3v) is 5.02. The van der Waals surface area contributed by atoms with E-state index >= 15 is 0 Å². The zero-order valence-corrected chi connectivity index (χ0v) is 14.6. The number of rotatable bonds is 5. The molecule has 1 aromatic carbocycles. The Kier molecular flexibility index (Phi) is 6.80. The van der Waals surface area contributed by atoms with Gasteiger partial charge in [0, 0.05) is 6.54 Å². The van der Waals surface area contributed by atoms with Crippen molar-refractivity contribution in [2.24, 2.45) is 0 Å². The minimum atomic E-state index is 0.389. The predicted molar refractivity (Wildman–Crippen MR) is 96.1 cm³/mol. The lowest BCUT2D eigenvalue weighted by atomic mass is 10.0. The van der Waals surface area contributed by atoms with E-state index in [0.717, 1.165) is 37.7 Å². The number of piperazine rings is 1. The second kappa shape index (κ2) is 8.61. The van der Waals surface area contributed by atoms with Gasteiger partial charge in [-0.15, -0.1) is 0 Å². The molecule has 0 aromatic heterocycles.